The summed E-state index contributed by atoms with van der Waals surface area (Å²) < 4.78 is 7.26. The largest absolute Gasteiger partial charge is 0.364 e. The number of carbonyl (C=O) groups excluding carboxylic acids is 1. The average molecular weight is 252 g/mol. The van der Waals surface area contributed by atoms with Gasteiger partial charge < -0.3 is 15.8 Å². The molecule has 0 aromatic carbocycles. The van der Waals surface area contributed by atoms with Crippen LogP contribution in [0.3, 0.4) is 0 Å². The van der Waals surface area contributed by atoms with Crippen LogP contribution >= 0.6 is 0 Å². The molecular formula is C12H20N4O2. The summed E-state index contributed by atoms with van der Waals surface area (Å²) in [7, 11) is 1.84. The van der Waals surface area contributed by atoms with E-state index in [1.54, 1.807) is 4.68 Å². The Hall–Kier alpha value is -1.40. The fraction of sp³-hybridized carbons (Fsp3) is 0.667. The quantitative estimate of drug-likeness (QED) is 0.814. The molecule has 2 rings (SSSR count). The van der Waals surface area contributed by atoms with Crippen LogP contribution in [0.1, 0.15) is 25.5 Å². The first-order valence-electron chi connectivity index (χ1n) is 6.33. The highest BCUT2D eigenvalue weighted by molar-refractivity contribution is 5.94. The molecule has 2 heterocycles. The lowest BCUT2D eigenvalue weighted by Gasteiger charge is -2.12. The van der Waals surface area contributed by atoms with Crippen molar-refractivity contribution in [2.75, 3.05) is 11.9 Å². The standard InChI is InChI=1S/C12H20N4O2/c1-3-9-10(7-16(2)15-9)14-12(17)11-5-4-8(6-13)18-11/h7-8,11H,3-6,13H2,1-2H3,(H,14,17). The zero-order valence-electron chi connectivity index (χ0n) is 10.8. The number of nitrogens with zero attached hydrogens (tertiary/aromatic N) is 2. The molecule has 0 radical (unpaired) electrons. The molecule has 2 unspecified atom stereocenters. The Morgan fingerprint density at radius 1 is 1.67 bits per heavy atom. The molecule has 1 amide bonds. The number of carbonyl (C=O) groups is 1. The lowest BCUT2D eigenvalue weighted by molar-refractivity contribution is -0.126. The van der Waals surface area contributed by atoms with Crippen LogP contribution < -0.4 is 11.1 Å². The third-order valence-electron chi connectivity index (χ3n) is 3.16. The summed E-state index contributed by atoms with van der Waals surface area (Å²) >= 11 is 0. The number of nitrogens with one attached hydrogen (secondary N) is 1. The maximum atomic E-state index is 12.0. The van der Waals surface area contributed by atoms with Crippen LogP contribution in [0.25, 0.3) is 0 Å². The van der Waals surface area contributed by atoms with E-state index in [9.17, 15) is 4.79 Å². The molecular weight excluding hydrogens is 232 g/mol. The van der Waals surface area contributed by atoms with Gasteiger partial charge in [0.1, 0.15) is 6.10 Å². The number of amides is 1. The summed E-state index contributed by atoms with van der Waals surface area (Å²) in [6.07, 6.45) is 3.81. The summed E-state index contributed by atoms with van der Waals surface area (Å²) in [6, 6.07) is 0. The minimum Gasteiger partial charge on any atom is -0.364 e. The van der Waals surface area contributed by atoms with Crippen LogP contribution in [-0.2, 0) is 23.0 Å². The molecule has 100 valence electrons. The predicted molar refractivity (Wildman–Crippen MR) is 68.2 cm³/mol. The van der Waals surface area contributed by atoms with Gasteiger partial charge in [-0.25, -0.2) is 0 Å². The van der Waals surface area contributed by atoms with Crippen molar-refractivity contribution in [1.29, 1.82) is 0 Å². The SMILES string of the molecule is CCc1nn(C)cc1NC(=O)C1CCC(CN)O1. The van der Waals surface area contributed by atoms with Crippen molar-refractivity contribution in [3.63, 3.8) is 0 Å². The third kappa shape index (κ3) is 2.70. The Kier molecular flexibility index (Phi) is 3.98. The van der Waals surface area contributed by atoms with Crippen molar-refractivity contribution in [2.24, 2.45) is 12.8 Å². The van der Waals surface area contributed by atoms with Gasteiger partial charge in [-0.05, 0) is 19.3 Å². The van der Waals surface area contributed by atoms with Crippen molar-refractivity contribution in [3.05, 3.63) is 11.9 Å². The number of aromatic nitrogens is 2. The molecule has 1 aliphatic rings. The number of hydrogen-bond acceptors (Lipinski definition) is 4. The van der Waals surface area contributed by atoms with Gasteiger partial charge in [-0.2, -0.15) is 5.10 Å². The second-order valence-electron chi connectivity index (χ2n) is 4.57. The first-order chi connectivity index (χ1) is 8.63. The molecule has 2 atom stereocenters. The Bertz CT molecular complexity index is 430. The van der Waals surface area contributed by atoms with E-state index >= 15 is 0 Å². The molecule has 18 heavy (non-hydrogen) atoms. The van der Waals surface area contributed by atoms with Gasteiger partial charge in [0.05, 0.1) is 17.5 Å². The van der Waals surface area contributed by atoms with Crippen LogP contribution in [-0.4, -0.2) is 34.4 Å². The Labute approximate surface area is 106 Å². The fourth-order valence-corrected chi connectivity index (χ4v) is 2.19. The molecule has 0 aliphatic carbocycles. The van der Waals surface area contributed by atoms with Crippen molar-refractivity contribution >= 4 is 11.6 Å². The summed E-state index contributed by atoms with van der Waals surface area (Å²) in [5.74, 6) is -0.103. The number of aryl methyl sites for hydroxylation is 2. The molecule has 1 aromatic rings. The molecule has 1 fully saturated rings. The van der Waals surface area contributed by atoms with E-state index < -0.39 is 0 Å². The number of nitrogens with two attached hydrogens (primary N) is 1. The van der Waals surface area contributed by atoms with Crippen LogP contribution in [0.5, 0.6) is 0 Å². The zero-order chi connectivity index (χ0) is 13.1. The Morgan fingerprint density at radius 3 is 3.06 bits per heavy atom. The van der Waals surface area contributed by atoms with Crippen LogP contribution in [0, 0.1) is 0 Å². The summed E-state index contributed by atoms with van der Waals surface area (Å²) in [5, 5.41) is 7.16. The van der Waals surface area contributed by atoms with Gasteiger partial charge >= 0.3 is 0 Å². The Balaban J connectivity index is 1.99. The third-order valence-corrected chi connectivity index (χ3v) is 3.16. The highest BCUT2D eigenvalue weighted by atomic mass is 16.5. The second-order valence-corrected chi connectivity index (χ2v) is 4.57. The topological polar surface area (TPSA) is 82.2 Å². The van der Waals surface area contributed by atoms with Gasteiger partial charge in [-0.15, -0.1) is 0 Å². The molecule has 3 N–H and O–H groups in total. The molecule has 0 saturated carbocycles. The number of hydrogen-bond donors (Lipinski definition) is 2. The van der Waals surface area contributed by atoms with Gasteiger partial charge in [-0.1, -0.05) is 6.92 Å². The van der Waals surface area contributed by atoms with Crippen LogP contribution in [0.2, 0.25) is 0 Å². The van der Waals surface area contributed by atoms with E-state index in [2.05, 4.69) is 10.4 Å². The molecule has 6 heteroatoms. The normalized spacial score (nSPS) is 23.3. The maximum Gasteiger partial charge on any atom is 0.253 e. The van der Waals surface area contributed by atoms with E-state index in [0.29, 0.717) is 6.54 Å². The van der Waals surface area contributed by atoms with Crippen molar-refractivity contribution in [2.45, 2.75) is 38.4 Å². The van der Waals surface area contributed by atoms with Crippen molar-refractivity contribution in [3.8, 4) is 0 Å². The van der Waals surface area contributed by atoms with E-state index in [-0.39, 0.29) is 18.1 Å². The van der Waals surface area contributed by atoms with Crippen LogP contribution in [0.4, 0.5) is 5.69 Å². The predicted octanol–water partition coefficient (Wildman–Crippen LogP) is 0.427. The highest BCUT2D eigenvalue weighted by Crippen LogP contribution is 2.21. The monoisotopic (exact) mass is 252 g/mol. The molecule has 1 aromatic heterocycles. The van der Waals surface area contributed by atoms with E-state index in [4.69, 9.17) is 10.5 Å². The Morgan fingerprint density at radius 2 is 2.44 bits per heavy atom. The average Bonchev–Trinajstić information content (AvgIpc) is 2.95. The van der Waals surface area contributed by atoms with Crippen molar-refractivity contribution < 1.29 is 9.53 Å². The van der Waals surface area contributed by atoms with E-state index in [0.717, 1.165) is 30.6 Å². The molecule has 6 nitrogen and oxygen atoms in total. The lowest BCUT2D eigenvalue weighted by Crippen LogP contribution is -2.30. The maximum absolute atomic E-state index is 12.0. The molecule has 0 spiro atoms. The number of anilines is 1. The first kappa shape index (κ1) is 13.0. The minimum absolute atomic E-state index is 0.0142. The number of ether oxygens (including phenoxy) is 1. The van der Waals surface area contributed by atoms with Gasteiger partial charge in [0, 0.05) is 19.8 Å². The summed E-state index contributed by atoms with van der Waals surface area (Å²) in [5.41, 5.74) is 7.18. The highest BCUT2D eigenvalue weighted by Gasteiger charge is 2.30. The smallest absolute Gasteiger partial charge is 0.253 e. The zero-order valence-corrected chi connectivity index (χ0v) is 10.8. The van der Waals surface area contributed by atoms with Gasteiger partial charge in [-0.3, -0.25) is 9.48 Å². The van der Waals surface area contributed by atoms with Crippen LogP contribution in [0.15, 0.2) is 6.20 Å². The van der Waals surface area contributed by atoms with Gasteiger partial charge in [0.15, 0.2) is 0 Å². The summed E-state index contributed by atoms with van der Waals surface area (Å²) in [4.78, 5) is 12.0. The first-order valence-corrected chi connectivity index (χ1v) is 6.33. The lowest BCUT2D eigenvalue weighted by atomic mass is 10.2. The molecule has 0 bridgehead atoms. The van der Waals surface area contributed by atoms with Gasteiger partial charge in [0.2, 0.25) is 0 Å². The fourth-order valence-electron chi connectivity index (χ4n) is 2.19. The van der Waals surface area contributed by atoms with E-state index in [1.807, 2.05) is 20.2 Å². The van der Waals surface area contributed by atoms with E-state index in [1.165, 1.54) is 0 Å². The summed E-state index contributed by atoms with van der Waals surface area (Å²) in [6.45, 7) is 2.48. The molecule has 1 saturated heterocycles. The number of rotatable bonds is 4. The minimum atomic E-state index is -0.386. The van der Waals surface area contributed by atoms with Crippen molar-refractivity contribution in [1.82, 2.24) is 9.78 Å². The molecule has 1 aliphatic heterocycles. The second kappa shape index (κ2) is 5.49. The van der Waals surface area contributed by atoms with Gasteiger partial charge in [0.25, 0.3) is 5.91 Å².